The van der Waals surface area contributed by atoms with Crippen molar-refractivity contribution in [2.75, 3.05) is 6.61 Å². The summed E-state index contributed by atoms with van der Waals surface area (Å²) in [5, 5.41) is 0. The first-order valence-electron chi connectivity index (χ1n) is 5.19. The van der Waals surface area contributed by atoms with Crippen molar-refractivity contribution in [1.82, 2.24) is 0 Å². The zero-order chi connectivity index (χ0) is 8.44. The van der Waals surface area contributed by atoms with E-state index in [0.717, 1.165) is 13.0 Å². The van der Waals surface area contributed by atoms with Crippen LogP contribution in [0.1, 0.15) is 44.9 Å². The molecule has 12 heavy (non-hydrogen) atoms. The van der Waals surface area contributed by atoms with Crippen LogP contribution in [0, 0.1) is 0 Å². The summed E-state index contributed by atoms with van der Waals surface area (Å²) in [6.45, 7) is 0.959. The van der Waals surface area contributed by atoms with E-state index in [4.69, 9.17) is 10.5 Å². The van der Waals surface area contributed by atoms with Gasteiger partial charge in [-0.05, 0) is 44.9 Å². The average molecular weight is 169 g/mol. The maximum atomic E-state index is 6.15. The molecule has 0 aromatic carbocycles. The molecule has 1 unspecified atom stereocenters. The number of nitrogens with two attached hydrogens (primary N) is 1. The van der Waals surface area contributed by atoms with Crippen molar-refractivity contribution in [3.8, 4) is 0 Å². The predicted molar refractivity (Wildman–Crippen MR) is 49.0 cm³/mol. The fourth-order valence-corrected chi connectivity index (χ4v) is 2.26. The van der Waals surface area contributed by atoms with E-state index in [9.17, 15) is 0 Å². The zero-order valence-electron chi connectivity index (χ0n) is 7.72. The van der Waals surface area contributed by atoms with Gasteiger partial charge in [-0.25, -0.2) is 0 Å². The summed E-state index contributed by atoms with van der Waals surface area (Å²) < 4.78 is 5.67. The minimum atomic E-state index is 0.155. The largest absolute Gasteiger partial charge is 0.378 e. The lowest BCUT2D eigenvalue weighted by molar-refractivity contribution is -0.0120. The van der Waals surface area contributed by atoms with Crippen molar-refractivity contribution >= 4 is 0 Å². The molecular weight excluding hydrogens is 150 g/mol. The Balaban J connectivity index is 1.77. The number of hydrogen-bond acceptors (Lipinski definition) is 2. The Bertz CT molecular complexity index is 148. The Morgan fingerprint density at radius 1 is 1.25 bits per heavy atom. The van der Waals surface area contributed by atoms with E-state index in [-0.39, 0.29) is 5.54 Å². The normalized spacial score (nSPS) is 34.2. The van der Waals surface area contributed by atoms with Crippen molar-refractivity contribution in [1.29, 1.82) is 0 Å². The first-order chi connectivity index (χ1) is 5.79. The molecule has 0 radical (unpaired) electrons. The smallest absolute Gasteiger partial charge is 0.0592 e. The van der Waals surface area contributed by atoms with Crippen LogP contribution in [-0.4, -0.2) is 18.2 Å². The molecule has 2 N–H and O–H groups in total. The summed E-state index contributed by atoms with van der Waals surface area (Å²) in [6, 6.07) is 0. The van der Waals surface area contributed by atoms with Gasteiger partial charge < -0.3 is 10.5 Å². The second-order valence-electron chi connectivity index (χ2n) is 4.41. The molecule has 70 valence electrons. The molecule has 2 heteroatoms. The fraction of sp³-hybridized carbons (Fsp3) is 1.00. The first kappa shape index (κ1) is 8.52. The highest BCUT2D eigenvalue weighted by Crippen LogP contribution is 2.35. The number of hydrogen-bond donors (Lipinski definition) is 1. The highest BCUT2D eigenvalue weighted by atomic mass is 16.5. The maximum Gasteiger partial charge on any atom is 0.0592 e. The molecule has 1 atom stereocenters. The van der Waals surface area contributed by atoms with Gasteiger partial charge in [-0.2, -0.15) is 0 Å². The van der Waals surface area contributed by atoms with Gasteiger partial charge in [0.2, 0.25) is 0 Å². The van der Waals surface area contributed by atoms with E-state index in [1.165, 1.54) is 38.5 Å². The molecule has 1 heterocycles. The van der Waals surface area contributed by atoms with Crippen molar-refractivity contribution in [2.24, 2.45) is 5.73 Å². The van der Waals surface area contributed by atoms with Crippen LogP contribution in [-0.2, 0) is 4.74 Å². The highest BCUT2D eigenvalue weighted by Gasteiger charge is 2.35. The summed E-state index contributed by atoms with van der Waals surface area (Å²) >= 11 is 0. The Hall–Kier alpha value is -0.0800. The van der Waals surface area contributed by atoms with Crippen LogP contribution in [0.5, 0.6) is 0 Å². The standard InChI is InChI=1S/C10H19NO/c11-10(5-3-6-10)8-9-4-1-2-7-12-9/h9H,1-8,11H2. The second kappa shape index (κ2) is 3.35. The van der Waals surface area contributed by atoms with E-state index < -0.39 is 0 Å². The Kier molecular flexibility index (Phi) is 2.37. The third-order valence-corrected chi connectivity index (χ3v) is 3.26. The predicted octanol–water partition coefficient (Wildman–Crippen LogP) is 1.83. The molecule has 0 aromatic rings. The second-order valence-corrected chi connectivity index (χ2v) is 4.41. The first-order valence-corrected chi connectivity index (χ1v) is 5.19. The molecule has 2 fully saturated rings. The molecule has 0 amide bonds. The molecule has 1 aliphatic heterocycles. The van der Waals surface area contributed by atoms with Gasteiger partial charge in [0.15, 0.2) is 0 Å². The van der Waals surface area contributed by atoms with Gasteiger partial charge in [0.25, 0.3) is 0 Å². The van der Waals surface area contributed by atoms with Gasteiger partial charge >= 0.3 is 0 Å². The van der Waals surface area contributed by atoms with Gasteiger partial charge in [0, 0.05) is 12.1 Å². The molecule has 1 aliphatic carbocycles. The van der Waals surface area contributed by atoms with E-state index >= 15 is 0 Å². The van der Waals surface area contributed by atoms with Crippen molar-refractivity contribution in [2.45, 2.75) is 56.6 Å². The van der Waals surface area contributed by atoms with Crippen LogP contribution >= 0.6 is 0 Å². The third kappa shape index (κ3) is 1.80. The lowest BCUT2D eigenvalue weighted by Crippen LogP contribution is -2.49. The van der Waals surface area contributed by atoms with Gasteiger partial charge in [-0.1, -0.05) is 0 Å². The molecule has 0 aromatic heterocycles. The van der Waals surface area contributed by atoms with Crippen LogP contribution in [0.2, 0.25) is 0 Å². The SMILES string of the molecule is NC1(CC2CCCCO2)CCC1. The lowest BCUT2D eigenvalue weighted by Gasteiger charge is -2.41. The van der Waals surface area contributed by atoms with Gasteiger partial charge in [0.05, 0.1) is 6.10 Å². The molecule has 0 spiro atoms. The number of ether oxygens (including phenoxy) is 1. The molecular formula is C10H19NO. The summed E-state index contributed by atoms with van der Waals surface area (Å²) in [4.78, 5) is 0. The highest BCUT2D eigenvalue weighted by molar-refractivity contribution is 4.94. The van der Waals surface area contributed by atoms with Crippen LogP contribution in [0.15, 0.2) is 0 Å². The minimum absolute atomic E-state index is 0.155. The van der Waals surface area contributed by atoms with E-state index in [0.29, 0.717) is 6.10 Å². The summed E-state index contributed by atoms with van der Waals surface area (Å²) in [6.07, 6.45) is 9.15. The molecule has 2 nitrogen and oxygen atoms in total. The molecule has 1 saturated heterocycles. The van der Waals surface area contributed by atoms with Crippen molar-refractivity contribution < 1.29 is 4.74 Å². The van der Waals surface area contributed by atoms with E-state index in [1.807, 2.05) is 0 Å². The lowest BCUT2D eigenvalue weighted by atomic mass is 9.73. The topological polar surface area (TPSA) is 35.2 Å². The van der Waals surface area contributed by atoms with Gasteiger partial charge in [-0.15, -0.1) is 0 Å². The molecule has 0 bridgehead atoms. The molecule has 2 aliphatic rings. The molecule has 2 rings (SSSR count). The van der Waals surface area contributed by atoms with Crippen molar-refractivity contribution in [3.05, 3.63) is 0 Å². The Labute approximate surface area is 74.5 Å². The van der Waals surface area contributed by atoms with Crippen LogP contribution < -0.4 is 5.73 Å². The zero-order valence-corrected chi connectivity index (χ0v) is 7.72. The van der Waals surface area contributed by atoms with Gasteiger partial charge in [0.1, 0.15) is 0 Å². The Morgan fingerprint density at radius 2 is 2.08 bits per heavy atom. The van der Waals surface area contributed by atoms with Crippen LogP contribution in [0.25, 0.3) is 0 Å². The third-order valence-electron chi connectivity index (χ3n) is 3.26. The monoisotopic (exact) mass is 169 g/mol. The Morgan fingerprint density at radius 3 is 2.58 bits per heavy atom. The quantitative estimate of drug-likeness (QED) is 0.684. The summed E-state index contributed by atoms with van der Waals surface area (Å²) in [5.74, 6) is 0. The fourth-order valence-electron chi connectivity index (χ4n) is 2.26. The van der Waals surface area contributed by atoms with E-state index in [1.54, 1.807) is 0 Å². The van der Waals surface area contributed by atoms with Gasteiger partial charge in [-0.3, -0.25) is 0 Å². The van der Waals surface area contributed by atoms with Crippen molar-refractivity contribution in [3.63, 3.8) is 0 Å². The summed E-state index contributed by atoms with van der Waals surface area (Å²) in [5.41, 5.74) is 6.31. The maximum absolute atomic E-state index is 6.15. The van der Waals surface area contributed by atoms with E-state index in [2.05, 4.69) is 0 Å². The summed E-state index contributed by atoms with van der Waals surface area (Å²) in [7, 11) is 0. The van der Waals surface area contributed by atoms with Crippen LogP contribution in [0.3, 0.4) is 0 Å². The number of rotatable bonds is 2. The average Bonchev–Trinajstić information content (AvgIpc) is 2.04. The van der Waals surface area contributed by atoms with Crippen LogP contribution in [0.4, 0.5) is 0 Å². The minimum Gasteiger partial charge on any atom is -0.378 e. The molecule has 1 saturated carbocycles.